The maximum absolute atomic E-state index is 11.4. The van der Waals surface area contributed by atoms with Crippen molar-refractivity contribution < 1.29 is 9.53 Å². The molecule has 1 N–H and O–H groups in total. The highest BCUT2D eigenvalue weighted by Crippen LogP contribution is 2.30. The molecule has 1 aromatic carbocycles. The maximum Gasteiger partial charge on any atom is 0.414 e. The summed E-state index contributed by atoms with van der Waals surface area (Å²) in [7, 11) is 3.34. The number of nitrogens with one attached hydrogen (secondary N) is 1. The molecule has 0 unspecified atom stereocenters. The van der Waals surface area contributed by atoms with E-state index < -0.39 is 0 Å². The van der Waals surface area contributed by atoms with Crippen LogP contribution in [0.4, 0.5) is 10.5 Å². The van der Waals surface area contributed by atoms with Crippen molar-refractivity contribution in [3.8, 4) is 5.75 Å². The lowest BCUT2D eigenvalue weighted by Gasteiger charge is -2.12. The number of fused-ring (bicyclic) bond motifs is 1. The van der Waals surface area contributed by atoms with Crippen LogP contribution in [0.2, 0.25) is 0 Å². The van der Waals surface area contributed by atoms with Gasteiger partial charge >= 0.3 is 6.09 Å². The second-order valence-corrected chi connectivity index (χ2v) is 3.72. The number of hydrogen-bond donors (Lipinski definition) is 1. The molecule has 1 aliphatic rings. The standard InChI is InChI=1S/C11H14N2O2.ClH/c1-13(2)11(14)15-10-5-3-4-9-8(10)6-7-12-9;/h3-5,12H,6-7H2,1-2H3;1H. The molecule has 0 radical (unpaired) electrons. The number of amides is 1. The number of carbonyl (C=O) groups is 1. The molecule has 0 saturated heterocycles. The molecule has 88 valence electrons. The lowest BCUT2D eigenvalue weighted by Crippen LogP contribution is -2.25. The zero-order valence-corrected chi connectivity index (χ0v) is 10.1. The Labute approximate surface area is 101 Å². The van der Waals surface area contributed by atoms with E-state index in [9.17, 15) is 4.79 Å². The van der Waals surface area contributed by atoms with Crippen molar-refractivity contribution in [2.24, 2.45) is 0 Å². The van der Waals surface area contributed by atoms with Crippen LogP contribution in [0.3, 0.4) is 0 Å². The maximum atomic E-state index is 11.4. The number of hydrogen-bond acceptors (Lipinski definition) is 3. The topological polar surface area (TPSA) is 41.6 Å². The van der Waals surface area contributed by atoms with Crippen LogP contribution in [0.1, 0.15) is 5.56 Å². The van der Waals surface area contributed by atoms with Crippen LogP contribution in [0.5, 0.6) is 5.75 Å². The van der Waals surface area contributed by atoms with Gasteiger partial charge in [0.05, 0.1) is 0 Å². The fourth-order valence-electron chi connectivity index (χ4n) is 1.59. The fourth-order valence-corrected chi connectivity index (χ4v) is 1.59. The third-order valence-electron chi connectivity index (χ3n) is 2.39. The number of nitrogens with zero attached hydrogens (tertiary/aromatic N) is 1. The smallest absolute Gasteiger partial charge is 0.410 e. The molecule has 1 aliphatic heterocycles. The van der Waals surface area contributed by atoms with Crippen molar-refractivity contribution in [2.45, 2.75) is 6.42 Å². The largest absolute Gasteiger partial charge is 0.414 e. The SMILES string of the molecule is CN(C)C(=O)Oc1cccc2c1CCN2.Cl. The average Bonchev–Trinajstić information content (AvgIpc) is 2.66. The van der Waals surface area contributed by atoms with Gasteiger partial charge in [-0.1, -0.05) is 6.07 Å². The van der Waals surface area contributed by atoms with Crippen LogP contribution < -0.4 is 10.1 Å². The zero-order chi connectivity index (χ0) is 10.8. The van der Waals surface area contributed by atoms with E-state index in [2.05, 4.69) is 5.32 Å². The number of anilines is 1. The van der Waals surface area contributed by atoms with Gasteiger partial charge in [-0.05, 0) is 18.6 Å². The van der Waals surface area contributed by atoms with Crippen molar-refractivity contribution in [1.29, 1.82) is 0 Å². The summed E-state index contributed by atoms with van der Waals surface area (Å²) in [6.07, 6.45) is 0.571. The van der Waals surface area contributed by atoms with Crippen LogP contribution in [-0.4, -0.2) is 31.6 Å². The lowest BCUT2D eigenvalue weighted by atomic mass is 10.1. The van der Waals surface area contributed by atoms with E-state index in [1.807, 2.05) is 18.2 Å². The van der Waals surface area contributed by atoms with Crippen molar-refractivity contribution in [2.75, 3.05) is 26.0 Å². The summed E-state index contributed by atoms with van der Waals surface area (Å²) in [6.45, 7) is 0.909. The molecule has 0 bridgehead atoms. The Morgan fingerprint density at radius 2 is 2.19 bits per heavy atom. The second kappa shape index (κ2) is 5.07. The highest BCUT2D eigenvalue weighted by Gasteiger charge is 2.17. The monoisotopic (exact) mass is 242 g/mol. The molecule has 1 amide bonds. The zero-order valence-electron chi connectivity index (χ0n) is 9.32. The number of carbonyl (C=O) groups excluding carboxylic acids is 1. The van der Waals surface area contributed by atoms with Crippen LogP contribution in [0.15, 0.2) is 18.2 Å². The van der Waals surface area contributed by atoms with Crippen molar-refractivity contribution in [3.05, 3.63) is 23.8 Å². The van der Waals surface area contributed by atoms with E-state index in [1.54, 1.807) is 14.1 Å². The first kappa shape index (κ1) is 12.6. The van der Waals surface area contributed by atoms with E-state index in [-0.39, 0.29) is 18.5 Å². The van der Waals surface area contributed by atoms with Gasteiger partial charge in [-0.15, -0.1) is 12.4 Å². The highest BCUT2D eigenvalue weighted by molar-refractivity contribution is 5.85. The van der Waals surface area contributed by atoms with Gasteiger partial charge in [0.25, 0.3) is 0 Å². The molecule has 0 aromatic heterocycles. The number of halogens is 1. The summed E-state index contributed by atoms with van der Waals surface area (Å²) < 4.78 is 5.27. The van der Waals surface area contributed by atoms with Crippen molar-refractivity contribution in [1.82, 2.24) is 4.90 Å². The number of benzene rings is 1. The van der Waals surface area contributed by atoms with Crippen LogP contribution >= 0.6 is 12.4 Å². The summed E-state index contributed by atoms with van der Waals surface area (Å²) in [5.74, 6) is 0.663. The lowest BCUT2D eigenvalue weighted by molar-refractivity contribution is 0.171. The van der Waals surface area contributed by atoms with Gasteiger partial charge in [0.1, 0.15) is 5.75 Å². The Balaban J connectivity index is 0.00000128. The van der Waals surface area contributed by atoms with E-state index in [0.717, 1.165) is 24.2 Å². The number of rotatable bonds is 1. The third kappa shape index (κ3) is 2.39. The van der Waals surface area contributed by atoms with Gasteiger partial charge in [0.2, 0.25) is 0 Å². The normalized spacial score (nSPS) is 12.1. The van der Waals surface area contributed by atoms with Gasteiger partial charge in [0, 0.05) is 31.9 Å². The molecular formula is C11H15ClN2O2. The predicted octanol–water partition coefficient (Wildman–Crippen LogP) is 2.14. The Bertz CT molecular complexity index is 394. The summed E-state index contributed by atoms with van der Waals surface area (Å²) in [6, 6.07) is 5.71. The van der Waals surface area contributed by atoms with Crippen molar-refractivity contribution in [3.63, 3.8) is 0 Å². The fraction of sp³-hybridized carbons (Fsp3) is 0.364. The third-order valence-corrected chi connectivity index (χ3v) is 2.39. The van der Waals surface area contributed by atoms with Crippen LogP contribution in [-0.2, 0) is 6.42 Å². The molecule has 1 aromatic rings. The minimum Gasteiger partial charge on any atom is -0.410 e. The summed E-state index contributed by atoms with van der Waals surface area (Å²) in [5, 5.41) is 3.24. The molecule has 4 nitrogen and oxygen atoms in total. The minimum atomic E-state index is -0.338. The Morgan fingerprint density at radius 3 is 2.88 bits per heavy atom. The molecule has 0 saturated carbocycles. The van der Waals surface area contributed by atoms with Gasteiger partial charge in [-0.25, -0.2) is 4.79 Å². The summed E-state index contributed by atoms with van der Waals surface area (Å²) in [4.78, 5) is 12.8. The van der Waals surface area contributed by atoms with Gasteiger partial charge < -0.3 is 15.0 Å². The van der Waals surface area contributed by atoms with Gasteiger partial charge in [-0.2, -0.15) is 0 Å². The molecule has 0 spiro atoms. The first-order valence-corrected chi connectivity index (χ1v) is 4.93. The summed E-state index contributed by atoms with van der Waals surface area (Å²) in [5.41, 5.74) is 2.16. The molecule has 1 heterocycles. The quantitative estimate of drug-likeness (QED) is 0.820. The first-order valence-electron chi connectivity index (χ1n) is 4.93. The van der Waals surface area contributed by atoms with Crippen LogP contribution in [0.25, 0.3) is 0 Å². The van der Waals surface area contributed by atoms with E-state index in [0.29, 0.717) is 5.75 Å². The molecule has 2 rings (SSSR count). The molecule has 0 atom stereocenters. The Kier molecular flexibility index (Phi) is 4.01. The second-order valence-electron chi connectivity index (χ2n) is 3.72. The van der Waals surface area contributed by atoms with Crippen molar-refractivity contribution >= 4 is 24.2 Å². The highest BCUT2D eigenvalue weighted by atomic mass is 35.5. The molecule has 5 heteroatoms. The van der Waals surface area contributed by atoms with Crippen LogP contribution in [0, 0.1) is 0 Å². The first-order chi connectivity index (χ1) is 7.18. The molecule has 0 aliphatic carbocycles. The van der Waals surface area contributed by atoms with E-state index in [4.69, 9.17) is 4.74 Å². The van der Waals surface area contributed by atoms with Gasteiger partial charge in [0.15, 0.2) is 0 Å². The average molecular weight is 243 g/mol. The van der Waals surface area contributed by atoms with E-state index >= 15 is 0 Å². The molecule has 16 heavy (non-hydrogen) atoms. The molecule has 0 fully saturated rings. The Morgan fingerprint density at radius 1 is 1.44 bits per heavy atom. The number of ether oxygens (including phenoxy) is 1. The predicted molar refractivity (Wildman–Crippen MR) is 65.6 cm³/mol. The van der Waals surface area contributed by atoms with E-state index in [1.165, 1.54) is 4.90 Å². The minimum absolute atomic E-state index is 0. The Hall–Kier alpha value is -1.42. The summed E-state index contributed by atoms with van der Waals surface area (Å²) >= 11 is 0. The molecular weight excluding hydrogens is 228 g/mol. The van der Waals surface area contributed by atoms with Gasteiger partial charge in [-0.3, -0.25) is 0 Å².